The molecule has 0 aliphatic heterocycles. The van der Waals surface area contributed by atoms with Crippen molar-refractivity contribution >= 4 is 22.8 Å². The molecule has 0 bridgehead atoms. The van der Waals surface area contributed by atoms with Crippen LogP contribution in [0.4, 0.5) is 5.82 Å². The minimum absolute atomic E-state index is 0.117. The molecule has 3 aromatic heterocycles. The predicted molar refractivity (Wildman–Crippen MR) is 116 cm³/mol. The average Bonchev–Trinajstić information content (AvgIpc) is 3.18. The molecule has 0 unspecified atom stereocenters. The Labute approximate surface area is 173 Å². The number of rotatable bonds is 6. The van der Waals surface area contributed by atoms with Crippen molar-refractivity contribution in [2.24, 2.45) is 0 Å². The molecular formula is C22H22N6O2. The number of nitrogen functional groups attached to an aromatic ring is 1. The van der Waals surface area contributed by atoms with E-state index in [1.807, 2.05) is 43.3 Å². The number of carbonyl (C=O) groups excluding carboxylic acids is 1. The number of pyridine rings is 2. The van der Waals surface area contributed by atoms with Gasteiger partial charge in [-0.3, -0.25) is 9.78 Å². The number of nitrogens with zero attached hydrogens (tertiary/aromatic N) is 4. The molecule has 1 amide bonds. The van der Waals surface area contributed by atoms with Gasteiger partial charge in [0.05, 0.1) is 11.8 Å². The van der Waals surface area contributed by atoms with Crippen molar-refractivity contribution in [3.8, 4) is 22.6 Å². The van der Waals surface area contributed by atoms with E-state index in [1.165, 1.54) is 0 Å². The van der Waals surface area contributed by atoms with E-state index in [4.69, 9.17) is 10.2 Å². The Hall–Kier alpha value is -3.78. The number of amides is 1. The Morgan fingerprint density at radius 3 is 2.83 bits per heavy atom. The lowest BCUT2D eigenvalue weighted by molar-refractivity contribution is 0.0951. The highest BCUT2D eigenvalue weighted by Crippen LogP contribution is 2.31. The Kier molecular flexibility index (Phi) is 5.40. The van der Waals surface area contributed by atoms with E-state index in [2.05, 4.69) is 20.3 Å². The Bertz CT molecular complexity index is 1170. The molecule has 1 aromatic carbocycles. The summed E-state index contributed by atoms with van der Waals surface area (Å²) in [5.74, 6) is 0.576. The topological polar surface area (TPSA) is 110 Å². The van der Waals surface area contributed by atoms with Crippen LogP contribution >= 0.6 is 0 Å². The third kappa shape index (κ3) is 4.13. The van der Waals surface area contributed by atoms with Crippen LogP contribution in [-0.4, -0.2) is 52.9 Å². The average molecular weight is 402 g/mol. The van der Waals surface area contributed by atoms with Gasteiger partial charge in [-0.05, 0) is 37.9 Å². The summed E-state index contributed by atoms with van der Waals surface area (Å²) >= 11 is 0. The third-order valence-corrected chi connectivity index (χ3v) is 4.64. The van der Waals surface area contributed by atoms with Gasteiger partial charge in [-0.1, -0.05) is 12.1 Å². The first-order chi connectivity index (χ1) is 14.5. The fraction of sp³-hybridized carbons (Fsp3) is 0.182. The number of likely N-dealkylation sites (N-methyl/N-ethyl adjacent to an activating group) is 1. The zero-order valence-electron chi connectivity index (χ0n) is 16.8. The highest BCUT2D eigenvalue weighted by molar-refractivity contribution is 5.95. The van der Waals surface area contributed by atoms with E-state index in [-0.39, 0.29) is 5.91 Å². The lowest BCUT2D eigenvalue weighted by Crippen LogP contribution is -2.31. The molecule has 152 valence electrons. The molecular weight excluding hydrogens is 380 g/mol. The van der Waals surface area contributed by atoms with Crippen LogP contribution in [0.1, 0.15) is 10.4 Å². The monoisotopic (exact) mass is 402 g/mol. The number of benzene rings is 1. The fourth-order valence-corrected chi connectivity index (χ4v) is 3.03. The highest BCUT2D eigenvalue weighted by atomic mass is 16.3. The fourth-order valence-electron chi connectivity index (χ4n) is 3.03. The van der Waals surface area contributed by atoms with Crippen LogP contribution in [0, 0.1) is 0 Å². The summed E-state index contributed by atoms with van der Waals surface area (Å²) in [5, 5.41) is 2.92. The summed E-state index contributed by atoms with van der Waals surface area (Å²) in [6.45, 7) is 1.35. The van der Waals surface area contributed by atoms with Crippen LogP contribution in [0.3, 0.4) is 0 Å². The van der Waals surface area contributed by atoms with Crippen molar-refractivity contribution in [2.75, 3.05) is 32.9 Å². The van der Waals surface area contributed by atoms with Crippen LogP contribution in [0.2, 0.25) is 0 Å². The Morgan fingerprint density at radius 1 is 1.17 bits per heavy atom. The number of fused-ring (bicyclic) bond motifs is 1. The minimum Gasteiger partial charge on any atom is -0.436 e. The quantitative estimate of drug-likeness (QED) is 0.510. The summed E-state index contributed by atoms with van der Waals surface area (Å²) in [4.78, 5) is 27.3. The van der Waals surface area contributed by atoms with Gasteiger partial charge in [-0.25, -0.2) is 9.97 Å². The van der Waals surface area contributed by atoms with Crippen LogP contribution in [0.5, 0.6) is 0 Å². The lowest BCUT2D eigenvalue weighted by Gasteiger charge is -2.11. The van der Waals surface area contributed by atoms with Gasteiger partial charge in [-0.2, -0.15) is 0 Å². The standard InChI is InChI=1S/C22H22N6O2/c1-28(2)9-8-25-21(29)15-5-3-4-14(10-15)16-11-17(20(23)26-12-16)22-27-18-13-24-7-6-19(18)30-22/h3-7,10-13H,8-9H2,1-2H3,(H2,23,26)(H,25,29). The molecule has 0 atom stereocenters. The third-order valence-electron chi connectivity index (χ3n) is 4.64. The first-order valence-corrected chi connectivity index (χ1v) is 9.51. The van der Waals surface area contributed by atoms with Gasteiger partial charge in [0.2, 0.25) is 5.89 Å². The van der Waals surface area contributed by atoms with Gasteiger partial charge in [0.25, 0.3) is 5.91 Å². The lowest BCUT2D eigenvalue weighted by atomic mass is 10.0. The normalized spacial score (nSPS) is 11.2. The van der Waals surface area contributed by atoms with Crippen LogP contribution in [0.15, 0.2) is 59.4 Å². The number of carbonyl (C=O) groups is 1. The van der Waals surface area contributed by atoms with E-state index >= 15 is 0 Å². The molecule has 0 spiro atoms. The van der Waals surface area contributed by atoms with Crippen LogP contribution in [0.25, 0.3) is 33.7 Å². The number of hydrogen-bond donors (Lipinski definition) is 2. The highest BCUT2D eigenvalue weighted by Gasteiger charge is 2.14. The largest absolute Gasteiger partial charge is 0.436 e. The second-order valence-electron chi connectivity index (χ2n) is 7.16. The maximum absolute atomic E-state index is 12.5. The maximum atomic E-state index is 12.5. The zero-order chi connectivity index (χ0) is 21.1. The van der Waals surface area contributed by atoms with Crippen LogP contribution in [-0.2, 0) is 0 Å². The van der Waals surface area contributed by atoms with Gasteiger partial charge in [-0.15, -0.1) is 0 Å². The molecule has 4 rings (SSSR count). The molecule has 30 heavy (non-hydrogen) atoms. The van der Waals surface area contributed by atoms with E-state index in [0.717, 1.165) is 17.7 Å². The molecule has 3 N–H and O–H groups in total. The van der Waals surface area contributed by atoms with E-state index in [9.17, 15) is 4.79 Å². The summed E-state index contributed by atoms with van der Waals surface area (Å²) in [7, 11) is 3.93. The smallest absolute Gasteiger partial charge is 0.251 e. The molecule has 0 radical (unpaired) electrons. The summed E-state index contributed by atoms with van der Waals surface area (Å²) in [6, 6.07) is 11.0. The van der Waals surface area contributed by atoms with Crippen molar-refractivity contribution in [3.63, 3.8) is 0 Å². The number of aromatic nitrogens is 3. The second-order valence-corrected chi connectivity index (χ2v) is 7.16. The van der Waals surface area contributed by atoms with Gasteiger partial charge < -0.3 is 20.4 Å². The van der Waals surface area contributed by atoms with Crippen molar-refractivity contribution in [1.82, 2.24) is 25.2 Å². The molecule has 3 heterocycles. The number of hydrogen-bond acceptors (Lipinski definition) is 7. The van der Waals surface area contributed by atoms with Gasteiger partial charge in [0.1, 0.15) is 11.3 Å². The van der Waals surface area contributed by atoms with Crippen molar-refractivity contribution in [2.45, 2.75) is 0 Å². The van der Waals surface area contributed by atoms with E-state index < -0.39 is 0 Å². The van der Waals surface area contributed by atoms with Crippen molar-refractivity contribution < 1.29 is 9.21 Å². The second kappa shape index (κ2) is 8.30. The predicted octanol–water partition coefficient (Wildman–Crippen LogP) is 2.83. The summed E-state index contributed by atoms with van der Waals surface area (Å²) in [5.41, 5.74) is 10.2. The number of anilines is 1. The molecule has 0 saturated carbocycles. The minimum atomic E-state index is -0.117. The van der Waals surface area contributed by atoms with E-state index in [0.29, 0.717) is 40.5 Å². The van der Waals surface area contributed by atoms with E-state index in [1.54, 1.807) is 30.7 Å². The van der Waals surface area contributed by atoms with Crippen LogP contribution < -0.4 is 11.1 Å². The number of oxazole rings is 1. The van der Waals surface area contributed by atoms with Gasteiger partial charge in [0, 0.05) is 42.7 Å². The number of nitrogens with one attached hydrogen (secondary N) is 1. The van der Waals surface area contributed by atoms with Gasteiger partial charge in [0.15, 0.2) is 5.58 Å². The molecule has 0 saturated heterocycles. The van der Waals surface area contributed by atoms with Crippen molar-refractivity contribution in [1.29, 1.82) is 0 Å². The van der Waals surface area contributed by atoms with Crippen molar-refractivity contribution in [3.05, 3.63) is 60.6 Å². The molecule has 0 aliphatic rings. The Morgan fingerprint density at radius 2 is 2.03 bits per heavy atom. The summed E-state index contributed by atoms with van der Waals surface area (Å²) in [6.07, 6.45) is 4.95. The maximum Gasteiger partial charge on any atom is 0.251 e. The van der Waals surface area contributed by atoms with Gasteiger partial charge >= 0.3 is 0 Å². The molecule has 4 aromatic rings. The SMILES string of the molecule is CN(C)CCNC(=O)c1cccc(-c2cnc(N)c(-c3nc4cnccc4o3)c2)c1. The molecule has 8 nitrogen and oxygen atoms in total. The molecule has 8 heteroatoms. The number of nitrogens with two attached hydrogens (primary N) is 1. The zero-order valence-corrected chi connectivity index (χ0v) is 16.8. The first kappa shape index (κ1) is 19.5. The first-order valence-electron chi connectivity index (χ1n) is 9.51. The molecule has 0 fully saturated rings. The Balaban J connectivity index is 1.63. The molecule has 0 aliphatic carbocycles. The summed E-state index contributed by atoms with van der Waals surface area (Å²) < 4.78 is 5.81.